The third-order valence-electron chi connectivity index (χ3n) is 4.99. The molecule has 2 saturated heterocycles. The topological polar surface area (TPSA) is 74.8 Å². The molecule has 28 heavy (non-hydrogen) atoms. The van der Waals surface area contributed by atoms with Crippen molar-refractivity contribution in [1.82, 2.24) is 14.9 Å². The first-order valence-corrected chi connectivity index (χ1v) is 9.94. The summed E-state index contributed by atoms with van der Waals surface area (Å²) in [5.41, 5.74) is 2.23. The Morgan fingerprint density at radius 3 is 2.36 bits per heavy atom. The molecule has 2 fully saturated rings. The van der Waals surface area contributed by atoms with Crippen LogP contribution in [0.3, 0.4) is 0 Å². The van der Waals surface area contributed by atoms with Crippen molar-refractivity contribution in [2.24, 2.45) is 0 Å². The molecule has 4 rings (SSSR count). The van der Waals surface area contributed by atoms with Gasteiger partial charge in [-0.1, -0.05) is 0 Å². The number of benzene rings is 1. The maximum atomic E-state index is 5.42. The molecule has 0 unspecified atom stereocenters. The molecule has 0 saturated carbocycles. The average molecular weight is 384 g/mol. The third kappa shape index (κ3) is 5.31. The van der Waals surface area contributed by atoms with Crippen LogP contribution in [-0.4, -0.2) is 80.6 Å². The predicted octanol–water partition coefficient (Wildman–Crippen LogP) is 1.80. The van der Waals surface area contributed by atoms with E-state index in [0.717, 1.165) is 77.2 Å². The van der Waals surface area contributed by atoms with Crippen molar-refractivity contribution >= 4 is 23.1 Å². The molecule has 1 aromatic carbocycles. The largest absolute Gasteiger partial charge is 0.379 e. The second-order valence-electron chi connectivity index (χ2n) is 6.92. The van der Waals surface area contributed by atoms with E-state index in [2.05, 4.69) is 54.7 Å². The number of hydrogen-bond donors (Lipinski definition) is 2. The molecule has 8 heteroatoms. The molecule has 0 radical (unpaired) electrons. The van der Waals surface area contributed by atoms with Gasteiger partial charge in [-0.2, -0.15) is 4.98 Å². The summed E-state index contributed by atoms with van der Waals surface area (Å²) in [6, 6.07) is 10.3. The highest BCUT2D eigenvalue weighted by Crippen LogP contribution is 2.21. The van der Waals surface area contributed by atoms with Gasteiger partial charge in [-0.25, -0.2) is 4.98 Å². The van der Waals surface area contributed by atoms with Crippen LogP contribution in [0.5, 0.6) is 0 Å². The lowest BCUT2D eigenvalue weighted by Crippen LogP contribution is -2.39. The Morgan fingerprint density at radius 1 is 0.893 bits per heavy atom. The lowest BCUT2D eigenvalue weighted by Gasteiger charge is -2.28. The van der Waals surface area contributed by atoms with E-state index in [9.17, 15) is 0 Å². The van der Waals surface area contributed by atoms with Crippen molar-refractivity contribution in [3.05, 3.63) is 36.5 Å². The van der Waals surface area contributed by atoms with Crippen LogP contribution in [0.25, 0.3) is 0 Å². The van der Waals surface area contributed by atoms with Gasteiger partial charge in [0, 0.05) is 56.8 Å². The molecule has 0 bridgehead atoms. The Balaban J connectivity index is 1.29. The molecule has 8 nitrogen and oxygen atoms in total. The minimum absolute atomic E-state index is 0.642. The summed E-state index contributed by atoms with van der Waals surface area (Å²) in [5, 5.41) is 6.66. The molecule has 2 aliphatic rings. The zero-order chi connectivity index (χ0) is 19.0. The number of anilines is 4. The SMILES string of the molecule is c1cc(Nc2ccc(N3CCOCC3)cc2)nc(NCCN2CCOCC2)n1. The van der Waals surface area contributed by atoms with Crippen LogP contribution >= 0.6 is 0 Å². The summed E-state index contributed by atoms with van der Waals surface area (Å²) in [4.78, 5) is 13.6. The summed E-state index contributed by atoms with van der Waals surface area (Å²) in [6.07, 6.45) is 1.77. The molecular formula is C20H28N6O2. The van der Waals surface area contributed by atoms with E-state index < -0.39 is 0 Å². The molecular weight excluding hydrogens is 356 g/mol. The monoisotopic (exact) mass is 384 g/mol. The van der Waals surface area contributed by atoms with Crippen molar-refractivity contribution in [3.8, 4) is 0 Å². The van der Waals surface area contributed by atoms with Crippen molar-refractivity contribution < 1.29 is 9.47 Å². The standard InChI is InChI=1S/C20H28N6O2/c1-3-18(26-11-15-28-16-12-26)4-2-17(1)23-19-5-6-21-20(24-19)22-7-8-25-9-13-27-14-10-25/h1-6H,7-16H2,(H2,21,22,23,24). The van der Waals surface area contributed by atoms with Gasteiger partial charge in [-0.3, -0.25) is 4.90 Å². The number of nitrogens with one attached hydrogen (secondary N) is 2. The number of hydrogen-bond acceptors (Lipinski definition) is 8. The molecule has 1 aromatic heterocycles. The van der Waals surface area contributed by atoms with Gasteiger partial charge >= 0.3 is 0 Å². The first-order chi connectivity index (χ1) is 13.9. The molecule has 0 aliphatic carbocycles. The summed E-state index contributed by atoms with van der Waals surface area (Å²) >= 11 is 0. The zero-order valence-corrected chi connectivity index (χ0v) is 16.1. The van der Waals surface area contributed by atoms with Crippen molar-refractivity contribution in [2.75, 3.05) is 81.2 Å². The van der Waals surface area contributed by atoms with Gasteiger partial charge in [0.1, 0.15) is 5.82 Å². The Morgan fingerprint density at radius 2 is 1.61 bits per heavy atom. The Kier molecular flexibility index (Phi) is 6.54. The van der Waals surface area contributed by atoms with Gasteiger partial charge in [0.2, 0.25) is 5.95 Å². The number of nitrogens with zero attached hydrogens (tertiary/aromatic N) is 4. The molecule has 2 aromatic rings. The van der Waals surface area contributed by atoms with Crippen molar-refractivity contribution in [2.45, 2.75) is 0 Å². The first-order valence-electron chi connectivity index (χ1n) is 9.94. The maximum Gasteiger partial charge on any atom is 0.224 e. The maximum absolute atomic E-state index is 5.42. The summed E-state index contributed by atoms with van der Waals surface area (Å²) in [5.74, 6) is 1.42. The minimum Gasteiger partial charge on any atom is -0.379 e. The van der Waals surface area contributed by atoms with Crippen LogP contribution in [-0.2, 0) is 9.47 Å². The fourth-order valence-electron chi connectivity index (χ4n) is 3.39. The highest BCUT2D eigenvalue weighted by molar-refractivity contribution is 5.61. The summed E-state index contributed by atoms with van der Waals surface area (Å²) < 4.78 is 10.8. The number of ether oxygens (including phenoxy) is 2. The lowest BCUT2D eigenvalue weighted by atomic mass is 10.2. The summed E-state index contributed by atoms with van der Waals surface area (Å²) in [7, 11) is 0. The quantitative estimate of drug-likeness (QED) is 0.749. The van der Waals surface area contributed by atoms with Gasteiger partial charge in [-0.05, 0) is 30.3 Å². The van der Waals surface area contributed by atoms with E-state index >= 15 is 0 Å². The summed E-state index contributed by atoms with van der Waals surface area (Å²) in [6.45, 7) is 8.88. The van der Waals surface area contributed by atoms with Gasteiger partial charge in [0.15, 0.2) is 0 Å². The molecule has 2 aliphatic heterocycles. The number of morpholine rings is 2. The highest BCUT2D eigenvalue weighted by atomic mass is 16.5. The Labute approximate surface area is 165 Å². The average Bonchev–Trinajstić information content (AvgIpc) is 2.76. The molecule has 2 N–H and O–H groups in total. The second-order valence-corrected chi connectivity index (χ2v) is 6.92. The van der Waals surface area contributed by atoms with Crippen LogP contribution in [0.4, 0.5) is 23.1 Å². The van der Waals surface area contributed by atoms with Gasteiger partial charge in [-0.15, -0.1) is 0 Å². The Bertz CT molecular complexity index is 730. The number of aromatic nitrogens is 2. The van der Waals surface area contributed by atoms with Crippen molar-refractivity contribution in [3.63, 3.8) is 0 Å². The fourth-order valence-corrected chi connectivity index (χ4v) is 3.39. The Hall–Kier alpha value is -2.42. The van der Waals surface area contributed by atoms with E-state index in [1.165, 1.54) is 5.69 Å². The van der Waals surface area contributed by atoms with E-state index in [1.807, 2.05) is 6.07 Å². The normalized spacial score (nSPS) is 18.1. The van der Waals surface area contributed by atoms with Crippen LogP contribution in [0, 0.1) is 0 Å². The molecule has 0 amide bonds. The van der Waals surface area contributed by atoms with Gasteiger partial charge in [0.25, 0.3) is 0 Å². The van der Waals surface area contributed by atoms with Gasteiger partial charge < -0.3 is 25.0 Å². The lowest BCUT2D eigenvalue weighted by molar-refractivity contribution is 0.0398. The molecule has 0 atom stereocenters. The zero-order valence-electron chi connectivity index (χ0n) is 16.1. The van der Waals surface area contributed by atoms with Crippen LogP contribution in [0.1, 0.15) is 0 Å². The van der Waals surface area contributed by atoms with Crippen molar-refractivity contribution in [1.29, 1.82) is 0 Å². The van der Waals surface area contributed by atoms with Gasteiger partial charge in [0.05, 0.1) is 26.4 Å². The van der Waals surface area contributed by atoms with E-state index in [-0.39, 0.29) is 0 Å². The predicted molar refractivity (Wildman–Crippen MR) is 111 cm³/mol. The molecule has 3 heterocycles. The first kappa shape index (κ1) is 18.9. The molecule has 150 valence electrons. The minimum atomic E-state index is 0.642. The van der Waals surface area contributed by atoms with Crippen LogP contribution in [0.15, 0.2) is 36.5 Å². The second kappa shape index (κ2) is 9.68. The highest BCUT2D eigenvalue weighted by Gasteiger charge is 2.11. The van der Waals surface area contributed by atoms with Crippen LogP contribution < -0.4 is 15.5 Å². The fraction of sp³-hybridized carbons (Fsp3) is 0.500. The molecule has 0 spiro atoms. The van der Waals surface area contributed by atoms with E-state index in [4.69, 9.17) is 9.47 Å². The third-order valence-corrected chi connectivity index (χ3v) is 4.99. The van der Waals surface area contributed by atoms with E-state index in [1.54, 1.807) is 6.20 Å². The smallest absolute Gasteiger partial charge is 0.224 e. The van der Waals surface area contributed by atoms with E-state index in [0.29, 0.717) is 5.95 Å². The number of rotatable bonds is 7. The van der Waals surface area contributed by atoms with Crippen LogP contribution in [0.2, 0.25) is 0 Å².